The van der Waals surface area contributed by atoms with Gasteiger partial charge in [0.1, 0.15) is 11.5 Å². The van der Waals surface area contributed by atoms with E-state index in [1.807, 2.05) is 74.2 Å². The van der Waals surface area contributed by atoms with Gasteiger partial charge in [0.05, 0.1) is 20.1 Å². The normalized spacial score (nSPS) is 18.3. The van der Waals surface area contributed by atoms with E-state index in [9.17, 15) is 9.59 Å². The summed E-state index contributed by atoms with van der Waals surface area (Å²) in [7, 11) is 3.23. The van der Waals surface area contributed by atoms with E-state index in [0.717, 1.165) is 11.1 Å². The third kappa shape index (κ3) is 5.81. The van der Waals surface area contributed by atoms with Crippen LogP contribution in [0.3, 0.4) is 0 Å². The van der Waals surface area contributed by atoms with Gasteiger partial charge in [0.2, 0.25) is 11.8 Å². The van der Waals surface area contributed by atoms with Crippen molar-refractivity contribution in [3.8, 4) is 11.5 Å². The zero-order valence-electron chi connectivity index (χ0n) is 19.7. The molecule has 2 atom stereocenters. The first-order valence-electron chi connectivity index (χ1n) is 11.0. The van der Waals surface area contributed by atoms with Crippen LogP contribution in [0.15, 0.2) is 48.5 Å². The maximum Gasteiger partial charge on any atom is 0.225 e. The Balaban J connectivity index is 1.87. The summed E-state index contributed by atoms with van der Waals surface area (Å²) in [4.78, 5) is 28.1. The van der Waals surface area contributed by atoms with E-state index in [-0.39, 0.29) is 29.1 Å². The molecular weight excluding hydrogens is 404 g/mol. The topological polar surface area (TPSA) is 67.9 Å². The van der Waals surface area contributed by atoms with Gasteiger partial charge in [0, 0.05) is 37.5 Å². The molecule has 6 heteroatoms. The molecule has 1 aliphatic rings. The minimum atomic E-state index is -0.372. The first-order chi connectivity index (χ1) is 15.2. The molecule has 32 heavy (non-hydrogen) atoms. The standard InChI is InChI=1S/C26H34N2O4/c1-26(2,3)14-24(29)28-16-21(20-13-19(31-4)11-12-23(20)32-5)22(17-28)25(30)27-15-18-9-7-6-8-10-18/h6-13,21-22H,14-17H2,1-5H3,(H,27,30). The van der Waals surface area contributed by atoms with Crippen LogP contribution in [0.5, 0.6) is 11.5 Å². The van der Waals surface area contributed by atoms with Gasteiger partial charge >= 0.3 is 0 Å². The molecule has 1 fully saturated rings. The molecule has 1 heterocycles. The van der Waals surface area contributed by atoms with Gasteiger partial charge in [-0.15, -0.1) is 0 Å². The Bertz CT molecular complexity index is 937. The second-order valence-corrected chi connectivity index (χ2v) is 9.56. The van der Waals surface area contributed by atoms with Crippen LogP contribution in [0.4, 0.5) is 0 Å². The van der Waals surface area contributed by atoms with Crippen molar-refractivity contribution in [2.45, 2.75) is 39.7 Å². The van der Waals surface area contributed by atoms with Crippen molar-refractivity contribution < 1.29 is 19.1 Å². The average molecular weight is 439 g/mol. The molecule has 1 N–H and O–H groups in total. The fourth-order valence-corrected chi connectivity index (χ4v) is 4.20. The van der Waals surface area contributed by atoms with E-state index >= 15 is 0 Å². The molecule has 0 radical (unpaired) electrons. The number of benzene rings is 2. The predicted octanol–water partition coefficient (Wildman–Crippen LogP) is 4.00. The minimum Gasteiger partial charge on any atom is -0.497 e. The molecule has 2 aromatic rings. The van der Waals surface area contributed by atoms with Crippen molar-refractivity contribution in [3.05, 3.63) is 59.7 Å². The monoisotopic (exact) mass is 438 g/mol. The number of likely N-dealkylation sites (tertiary alicyclic amines) is 1. The highest BCUT2D eigenvalue weighted by molar-refractivity contribution is 5.83. The smallest absolute Gasteiger partial charge is 0.225 e. The van der Waals surface area contributed by atoms with Gasteiger partial charge in [-0.1, -0.05) is 51.1 Å². The molecule has 0 saturated carbocycles. The average Bonchev–Trinajstić information content (AvgIpc) is 3.22. The molecule has 0 bridgehead atoms. The lowest BCUT2D eigenvalue weighted by molar-refractivity contribution is -0.132. The Hall–Kier alpha value is -3.02. The van der Waals surface area contributed by atoms with E-state index in [4.69, 9.17) is 9.47 Å². The molecule has 2 amide bonds. The fraction of sp³-hybridized carbons (Fsp3) is 0.462. The van der Waals surface area contributed by atoms with Crippen molar-refractivity contribution in [3.63, 3.8) is 0 Å². The number of carbonyl (C=O) groups excluding carboxylic acids is 2. The summed E-state index contributed by atoms with van der Waals surface area (Å²) < 4.78 is 11.0. The third-order valence-corrected chi connectivity index (χ3v) is 5.84. The molecule has 3 rings (SSSR count). The summed E-state index contributed by atoms with van der Waals surface area (Å²) in [6, 6.07) is 15.4. The first kappa shape index (κ1) is 23.6. The van der Waals surface area contributed by atoms with Crippen LogP contribution in [0.1, 0.15) is 44.2 Å². The quantitative estimate of drug-likeness (QED) is 0.710. The molecule has 2 unspecified atom stereocenters. The number of nitrogens with zero attached hydrogens (tertiary/aromatic N) is 1. The summed E-state index contributed by atoms with van der Waals surface area (Å²) >= 11 is 0. The molecule has 1 saturated heterocycles. The highest BCUT2D eigenvalue weighted by Crippen LogP contribution is 2.40. The maximum atomic E-state index is 13.3. The van der Waals surface area contributed by atoms with Gasteiger partial charge in [0.15, 0.2) is 0 Å². The maximum absolute atomic E-state index is 13.3. The number of nitrogens with one attached hydrogen (secondary N) is 1. The van der Waals surface area contributed by atoms with Crippen LogP contribution < -0.4 is 14.8 Å². The van der Waals surface area contributed by atoms with E-state index in [1.165, 1.54) is 0 Å². The van der Waals surface area contributed by atoms with Crippen LogP contribution in [-0.4, -0.2) is 44.0 Å². The summed E-state index contributed by atoms with van der Waals surface area (Å²) in [5.74, 6) is 0.853. The number of amides is 2. The number of carbonyl (C=O) groups is 2. The lowest BCUT2D eigenvalue weighted by atomic mass is 9.87. The van der Waals surface area contributed by atoms with Crippen molar-refractivity contribution in [2.24, 2.45) is 11.3 Å². The second-order valence-electron chi connectivity index (χ2n) is 9.56. The summed E-state index contributed by atoms with van der Waals surface area (Å²) in [6.45, 7) is 7.46. The molecule has 6 nitrogen and oxygen atoms in total. The van der Waals surface area contributed by atoms with Gasteiger partial charge < -0.3 is 19.7 Å². The molecule has 172 valence electrons. The Labute approximate surface area is 190 Å². The van der Waals surface area contributed by atoms with E-state index in [2.05, 4.69) is 5.32 Å². The van der Waals surface area contributed by atoms with Crippen molar-refractivity contribution in [1.82, 2.24) is 10.2 Å². The summed E-state index contributed by atoms with van der Waals surface area (Å²) in [6.07, 6.45) is 0.438. The molecular formula is C26H34N2O4. The van der Waals surface area contributed by atoms with Crippen LogP contribution in [0, 0.1) is 11.3 Å². The molecule has 1 aliphatic heterocycles. The lowest BCUT2D eigenvalue weighted by Gasteiger charge is -2.23. The fourth-order valence-electron chi connectivity index (χ4n) is 4.20. The Morgan fingerprint density at radius 2 is 1.75 bits per heavy atom. The van der Waals surface area contributed by atoms with Gasteiger partial charge in [-0.25, -0.2) is 0 Å². The number of methoxy groups -OCH3 is 2. The van der Waals surface area contributed by atoms with Gasteiger partial charge in [-0.2, -0.15) is 0 Å². The van der Waals surface area contributed by atoms with Crippen LogP contribution in [-0.2, 0) is 16.1 Å². The molecule has 0 spiro atoms. The van der Waals surface area contributed by atoms with Crippen molar-refractivity contribution >= 4 is 11.8 Å². The number of rotatable bonds is 7. The van der Waals surface area contributed by atoms with Crippen LogP contribution in [0.25, 0.3) is 0 Å². The Morgan fingerprint density at radius 3 is 2.38 bits per heavy atom. The van der Waals surface area contributed by atoms with E-state index < -0.39 is 0 Å². The summed E-state index contributed by atoms with van der Waals surface area (Å²) in [5, 5.41) is 3.07. The predicted molar refractivity (Wildman–Crippen MR) is 125 cm³/mol. The number of hydrogen-bond acceptors (Lipinski definition) is 4. The van der Waals surface area contributed by atoms with Gasteiger partial charge in [-0.3, -0.25) is 9.59 Å². The Kier molecular flexibility index (Phi) is 7.44. The number of ether oxygens (including phenoxy) is 2. The van der Waals surface area contributed by atoms with Crippen molar-refractivity contribution in [2.75, 3.05) is 27.3 Å². The van der Waals surface area contributed by atoms with Gasteiger partial charge in [-0.05, 0) is 29.2 Å². The lowest BCUT2D eigenvalue weighted by Crippen LogP contribution is -2.36. The molecule has 0 aromatic heterocycles. The van der Waals surface area contributed by atoms with Crippen LogP contribution in [0.2, 0.25) is 0 Å². The van der Waals surface area contributed by atoms with E-state index in [1.54, 1.807) is 14.2 Å². The SMILES string of the molecule is COc1ccc(OC)c(C2CN(C(=O)CC(C)(C)C)CC2C(=O)NCc2ccccc2)c1. The molecule has 2 aromatic carbocycles. The van der Waals surface area contributed by atoms with Crippen molar-refractivity contribution in [1.29, 1.82) is 0 Å². The summed E-state index contributed by atoms with van der Waals surface area (Å²) in [5.41, 5.74) is 1.81. The Morgan fingerprint density at radius 1 is 1.03 bits per heavy atom. The molecule has 0 aliphatic carbocycles. The highest BCUT2D eigenvalue weighted by atomic mass is 16.5. The minimum absolute atomic E-state index is 0.0604. The second kappa shape index (κ2) is 10.1. The first-order valence-corrected chi connectivity index (χ1v) is 11.0. The zero-order valence-corrected chi connectivity index (χ0v) is 19.7. The highest BCUT2D eigenvalue weighted by Gasteiger charge is 2.42. The third-order valence-electron chi connectivity index (χ3n) is 5.84. The van der Waals surface area contributed by atoms with Crippen LogP contribution >= 0.6 is 0 Å². The van der Waals surface area contributed by atoms with E-state index in [0.29, 0.717) is 37.6 Å². The zero-order chi connectivity index (χ0) is 23.3. The number of hydrogen-bond donors (Lipinski definition) is 1. The largest absolute Gasteiger partial charge is 0.497 e. The van der Waals surface area contributed by atoms with Gasteiger partial charge in [0.25, 0.3) is 0 Å².